The summed E-state index contributed by atoms with van der Waals surface area (Å²) >= 11 is 1.55. The SMILES string of the molecule is CCCCCCCCCCCCOc1ccc(C#Cc2nc(C)c(C#Cc3ccc(OCCCCCCCCCCCC)cc3)s2)cc1. The summed E-state index contributed by atoms with van der Waals surface area (Å²) in [5.74, 6) is 14.9. The van der Waals surface area contributed by atoms with Crippen molar-refractivity contribution in [2.45, 2.75) is 149 Å². The van der Waals surface area contributed by atoms with Gasteiger partial charge in [0.1, 0.15) is 16.4 Å². The molecule has 0 fully saturated rings. The number of thiazole rings is 1. The van der Waals surface area contributed by atoms with Crippen molar-refractivity contribution in [3.05, 3.63) is 75.2 Å². The number of aromatic nitrogens is 1. The highest BCUT2D eigenvalue weighted by Gasteiger charge is 2.04. The van der Waals surface area contributed by atoms with Crippen molar-refractivity contribution in [1.29, 1.82) is 0 Å². The van der Waals surface area contributed by atoms with Gasteiger partial charge >= 0.3 is 0 Å². The Hall–Kier alpha value is -3.21. The van der Waals surface area contributed by atoms with Gasteiger partial charge in [0, 0.05) is 11.1 Å². The fraction of sp³-hybridized carbons (Fsp3) is 0.568. The summed E-state index contributed by atoms with van der Waals surface area (Å²) in [7, 11) is 0. The van der Waals surface area contributed by atoms with Gasteiger partial charge in [-0.1, -0.05) is 153 Å². The van der Waals surface area contributed by atoms with Gasteiger partial charge in [0.2, 0.25) is 0 Å². The number of rotatable bonds is 24. The Labute approximate surface area is 297 Å². The van der Waals surface area contributed by atoms with Crippen LogP contribution in [0.5, 0.6) is 11.5 Å². The van der Waals surface area contributed by atoms with Gasteiger partial charge in [0.05, 0.1) is 18.9 Å². The molecular formula is C44H61NO2S. The van der Waals surface area contributed by atoms with Gasteiger partial charge in [-0.15, -0.1) is 0 Å². The molecule has 3 aromatic rings. The normalized spacial score (nSPS) is 10.6. The molecule has 48 heavy (non-hydrogen) atoms. The number of aryl methyl sites for hydroxylation is 1. The molecule has 0 spiro atoms. The van der Waals surface area contributed by atoms with E-state index in [9.17, 15) is 0 Å². The second-order valence-electron chi connectivity index (χ2n) is 13.0. The van der Waals surface area contributed by atoms with Crippen LogP contribution in [0.15, 0.2) is 48.5 Å². The van der Waals surface area contributed by atoms with Crippen LogP contribution in [0, 0.1) is 30.6 Å². The van der Waals surface area contributed by atoms with E-state index in [0.717, 1.165) is 64.3 Å². The molecule has 3 nitrogen and oxygen atoms in total. The zero-order valence-corrected chi connectivity index (χ0v) is 31.2. The molecule has 0 saturated heterocycles. The first-order chi connectivity index (χ1) is 23.7. The number of hydrogen-bond acceptors (Lipinski definition) is 4. The fourth-order valence-corrected chi connectivity index (χ4v) is 6.42. The van der Waals surface area contributed by atoms with Crippen LogP contribution < -0.4 is 9.47 Å². The molecule has 4 heteroatoms. The van der Waals surface area contributed by atoms with Crippen LogP contribution >= 0.6 is 11.3 Å². The Kier molecular flexibility index (Phi) is 21.1. The van der Waals surface area contributed by atoms with Crippen molar-refractivity contribution < 1.29 is 9.47 Å². The van der Waals surface area contributed by atoms with Gasteiger partial charge in [-0.2, -0.15) is 0 Å². The van der Waals surface area contributed by atoms with Crippen LogP contribution in [0.3, 0.4) is 0 Å². The van der Waals surface area contributed by atoms with Gasteiger partial charge < -0.3 is 9.47 Å². The van der Waals surface area contributed by atoms with Crippen molar-refractivity contribution in [3.63, 3.8) is 0 Å². The molecule has 0 N–H and O–H groups in total. The highest BCUT2D eigenvalue weighted by atomic mass is 32.1. The van der Waals surface area contributed by atoms with E-state index in [2.05, 4.69) is 42.5 Å². The molecule has 0 bridgehead atoms. The van der Waals surface area contributed by atoms with E-state index in [1.165, 1.54) is 116 Å². The van der Waals surface area contributed by atoms with E-state index in [4.69, 9.17) is 9.47 Å². The molecule has 0 aliphatic heterocycles. The maximum absolute atomic E-state index is 5.96. The predicted octanol–water partition coefficient (Wildman–Crippen LogP) is 12.9. The monoisotopic (exact) mass is 667 g/mol. The summed E-state index contributed by atoms with van der Waals surface area (Å²) in [5.41, 5.74) is 2.85. The minimum absolute atomic E-state index is 0.779. The van der Waals surface area contributed by atoms with Crippen LogP contribution in [0.1, 0.15) is 169 Å². The zero-order chi connectivity index (χ0) is 33.9. The molecular weight excluding hydrogens is 607 g/mol. The van der Waals surface area contributed by atoms with Gasteiger partial charge in [0.15, 0.2) is 5.01 Å². The summed E-state index contributed by atoms with van der Waals surface area (Å²) < 4.78 is 11.9. The lowest BCUT2D eigenvalue weighted by Gasteiger charge is -2.06. The predicted molar refractivity (Wildman–Crippen MR) is 206 cm³/mol. The summed E-state index contributed by atoms with van der Waals surface area (Å²) in [6.07, 6.45) is 26.7. The maximum Gasteiger partial charge on any atom is 0.168 e. The van der Waals surface area contributed by atoms with Gasteiger partial charge in [-0.3, -0.25) is 0 Å². The lowest BCUT2D eigenvalue weighted by molar-refractivity contribution is 0.304. The molecule has 0 amide bonds. The topological polar surface area (TPSA) is 31.4 Å². The molecule has 0 unspecified atom stereocenters. The first-order valence-electron chi connectivity index (χ1n) is 19.1. The van der Waals surface area contributed by atoms with E-state index in [1.54, 1.807) is 11.3 Å². The molecule has 2 aromatic carbocycles. The third-order valence-corrected chi connectivity index (χ3v) is 9.66. The molecule has 0 saturated carbocycles. The lowest BCUT2D eigenvalue weighted by Crippen LogP contribution is -1.97. The molecule has 0 aliphatic rings. The summed E-state index contributed by atoms with van der Waals surface area (Å²) in [5, 5.41) is 0.786. The van der Waals surface area contributed by atoms with Crippen molar-refractivity contribution in [2.75, 3.05) is 13.2 Å². The van der Waals surface area contributed by atoms with Gasteiger partial charge in [0.25, 0.3) is 0 Å². The van der Waals surface area contributed by atoms with Crippen LogP contribution in [-0.4, -0.2) is 18.2 Å². The third kappa shape index (κ3) is 17.8. The quantitative estimate of drug-likeness (QED) is 0.0704. The Morgan fingerprint density at radius 3 is 1.27 bits per heavy atom. The van der Waals surface area contributed by atoms with E-state index >= 15 is 0 Å². The van der Waals surface area contributed by atoms with Gasteiger partial charge in [-0.25, -0.2) is 4.98 Å². The molecule has 1 aromatic heterocycles. The third-order valence-electron chi connectivity index (χ3n) is 8.67. The zero-order valence-electron chi connectivity index (χ0n) is 30.3. The minimum Gasteiger partial charge on any atom is -0.494 e. The second kappa shape index (κ2) is 25.8. The molecule has 0 atom stereocenters. The summed E-state index contributed by atoms with van der Waals surface area (Å²) in [4.78, 5) is 5.60. The fourth-order valence-electron chi connectivity index (χ4n) is 5.65. The van der Waals surface area contributed by atoms with Crippen LogP contribution in [0.25, 0.3) is 0 Å². The minimum atomic E-state index is 0.779. The Balaban J connectivity index is 1.31. The van der Waals surface area contributed by atoms with E-state index in [1.807, 2.05) is 55.5 Å². The summed E-state index contributed by atoms with van der Waals surface area (Å²) in [6.45, 7) is 8.11. The van der Waals surface area contributed by atoms with Crippen LogP contribution in [0.4, 0.5) is 0 Å². The van der Waals surface area contributed by atoms with E-state index in [0.29, 0.717) is 0 Å². The number of hydrogen-bond donors (Lipinski definition) is 0. The standard InChI is InChI=1S/C44H61NO2S/c1-4-6-8-10-12-14-16-18-20-22-36-46-41-30-24-39(25-31-41)28-34-43-38(3)45-44(48-43)35-29-40-26-32-42(33-27-40)47-37-23-21-19-17-15-13-11-9-7-5-2/h24-27,30-33H,4-23,36-37H2,1-3H3. The average molecular weight is 668 g/mol. The first-order valence-corrected chi connectivity index (χ1v) is 20.0. The number of benzene rings is 2. The van der Waals surface area contributed by atoms with E-state index in [-0.39, 0.29) is 0 Å². The largest absolute Gasteiger partial charge is 0.494 e. The van der Waals surface area contributed by atoms with Crippen molar-refractivity contribution >= 4 is 11.3 Å². The number of nitrogens with zero attached hydrogens (tertiary/aromatic N) is 1. The molecule has 0 radical (unpaired) electrons. The van der Waals surface area contributed by atoms with Crippen LogP contribution in [-0.2, 0) is 0 Å². The van der Waals surface area contributed by atoms with Crippen LogP contribution in [0.2, 0.25) is 0 Å². The second-order valence-corrected chi connectivity index (χ2v) is 14.0. The van der Waals surface area contributed by atoms with Gasteiger partial charge in [-0.05, 0) is 80.1 Å². The first kappa shape index (κ1) is 39.2. The molecule has 3 rings (SSSR count). The highest BCUT2D eigenvalue weighted by Crippen LogP contribution is 2.19. The van der Waals surface area contributed by atoms with Crippen molar-refractivity contribution in [3.8, 4) is 35.2 Å². The van der Waals surface area contributed by atoms with Crippen molar-refractivity contribution in [1.82, 2.24) is 4.98 Å². The average Bonchev–Trinajstić information content (AvgIpc) is 3.47. The lowest BCUT2D eigenvalue weighted by atomic mass is 10.1. The Morgan fingerprint density at radius 2 is 0.854 bits per heavy atom. The molecule has 0 aliphatic carbocycles. The molecule has 1 heterocycles. The molecule has 260 valence electrons. The van der Waals surface area contributed by atoms with Crippen molar-refractivity contribution in [2.24, 2.45) is 0 Å². The maximum atomic E-state index is 5.96. The number of unbranched alkanes of at least 4 members (excludes halogenated alkanes) is 18. The number of ether oxygens (including phenoxy) is 2. The summed E-state index contributed by atoms with van der Waals surface area (Å²) in [6, 6.07) is 16.2. The highest BCUT2D eigenvalue weighted by molar-refractivity contribution is 7.12. The Bertz CT molecular complexity index is 1370. The Morgan fingerprint density at radius 1 is 0.479 bits per heavy atom. The van der Waals surface area contributed by atoms with E-state index < -0.39 is 0 Å². The smallest absolute Gasteiger partial charge is 0.168 e.